The first kappa shape index (κ1) is 18.0. The molecule has 2 heterocycles. The van der Waals surface area contributed by atoms with Crippen LogP contribution >= 0.6 is 34.5 Å². The zero-order chi connectivity index (χ0) is 18.3. The summed E-state index contributed by atoms with van der Waals surface area (Å²) in [4.78, 5) is 1.48. The SMILES string of the molecule is O=S(=O)(c1ccc(Cl)cc1)N1CCc2sccc2[C@@H]1c1ccc(Cl)cc1. The molecule has 0 spiro atoms. The number of halogens is 2. The number of rotatable bonds is 3. The zero-order valence-electron chi connectivity index (χ0n) is 13.6. The maximum absolute atomic E-state index is 13.3. The van der Waals surface area contributed by atoms with Gasteiger partial charge < -0.3 is 0 Å². The van der Waals surface area contributed by atoms with Gasteiger partial charge in [0, 0.05) is 21.5 Å². The van der Waals surface area contributed by atoms with E-state index in [2.05, 4.69) is 0 Å². The average Bonchev–Trinajstić information content (AvgIpc) is 3.11. The Morgan fingerprint density at radius 3 is 2.19 bits per heavy atom. The average molecular weight is 424 g/mol. The summed E-state index contributed by atoms with van der Waals surface area (Å²) in [6.45, 7) is 0.436. The number of fused-ring (bicyclic) bond motifs is 1. The van der Waals surface area contributed by atoms with Gasteiger partial charge in [0.05, 0.1) is 10.9 Å². The summed E-state index contributed by atoms with van der Waals surface area (Å²) in [5.41, 5.74) is 1.95. The molecule has 0 radical (unpaired) electrons. The summed E-state index contributed by atoms with van der Waals surface area (Å²) >= 11 is 13.6. The lowest BCUT2D eigenvalue weighted by molar-refractivity contribution is 0.347. The van der Waals surface area contributed by atoms with E-state index in [0.29, 0.717) is 23.0 Å². The fourth-order valence-corrected chi connectivity index (χ4v) is 6.04. The molecule has 134 valence electrons. The molecule has 1 aliphatic heterocycles. The maximum atomic E-state index is 13.3. The van der Waals surface area contributed by atoms with E-state index in [0.717, 1.165) is 11.1 Å². The van der Waals surface area contributed by atoms with E-state index in [-0.39, 0.29) is 10.9 Å². The van der Waals surface area contributed by atoms with Gasteiger partial charge in [-0.05, 0) is 65.4 Å². The Bertz CT molecular complexity index is 1030. The van der Waals surface area contributed by atoms with Crippen LogP contribution in [0.1, 0.15) is 22.0 Å². The summed E-state index contributed by atoms with van der Waals surface area (Å²) < 4.78 is 28.3. The van der Waals surface area contributed by atoms with Crippen LogP contribution in [0.4, 0.5) is 0 Å². The molecule has 3 nitrogen and oxygen atoms in total. The topological polar surface area (TPSA) is 37.4 Å². The number of sulfonamides is 1. The van der Waals surface area contributed by atoms with E-state index >= 15 is 0 Å². The number of benzene rings is 2. The molecule has 0 N–H and O–H groups in total. The highest BCUT2D eigenvalue weighted by molar-refractivity contribution is 7.89. The minimum absolute atomic E-state index is 0.250. The monoisotopic (exact) mass is 423 g/mol. The molecule has 26 heavy (non-hydrogen) atoms. The van der Waals surface area contributed by atoms with Crippen LogP contribution < -0.4 is 0 Å². The molecule has 0 saturated carbocycles. The largest absolute Gasteiger partial charge is 0.243 e. The van der Waals surface area contributed by atoms with Crippen molar-refractivity contribution in [3.8, 4) is 0 Å². The number of nitrogens with zero attached hydrogens (tertiary/aromatic N) is 1. The smallest absolute Gasteiger partial charge is 0.207 e. The Balaban J connectivity index is 1.83. The van der Waals surface area contributed by atoms with Gasteiger partial charge in [0.1, 0.15) is 0 Å². The molecular weight excluding hydrogens is 409 g/mol. The quantitative estimate of drug-likeness (QED) is 0.565. The van der Waals surface area contributed by atoms with Crippen LogP contribution in [-0.2, 0) is 16.4 Å². The molecule has 1 atom stereocenters. The van der Waals surface area contributed by atoms with Crippen molar-refractivity contribution in [1.29, 1.82) is 0 Å². The third-order valence-electron chi connectivity index (χ3n) is 4.53. The van der Waals surface area contributed by atoms with Crippen molar-refractivity contribution >= 4 is 44.6 Å². The van der Waals surface area contributed by atoms with Gasteiger partial charge in [-0.3, -0.25) is 0 Å². The highest BCUT2D eigenvalue weighted by Gasteiger charge is 2.37. The summed E-state index contributed by atoms with van der Waals surface area (Å²) in [6, 6.07) is 15.4. The second-order valence-corrected chi connectivity index (χ2v) is 9.84. The third-order valence-corrected chi connectivity index (χ3v) is 7.91. The van der Waals surface area contributed by atoms with Gasteiger partial charge in [0.2, 0.25) is 10.0 Å². The lowest BCUT2D eigenvalue weighted by Crippen LogP contribution is -2.40. The molecule has 0 fully saturated rings. The summed E-state index contributed by atoms with van der Waals surface area (Å²) in [5, 5.41) is 3.16. The van der Waals surface area contributed by atoms with Crippen molar-refractivity contribution in [2.75, 3.05) is 6.54 Å². The first-order chi connectivity index (χ1) is 12.5. The van der Waals surface area contributed by atoms with E-state index in [1.54, 1.807) is 52.0 Å². The second kappa shape index (κ2) is 6.98. The van der Waals surface area contributed by atoms with Crippen LogP contribution in [0.15, 0.2) is 64.9 Å². The van der Waals surface area contributed by atoms with Gasteiger partial charge >= 0.3 is 0 Å². The van der Waals surface area contributed by atoms with Crippen LogP contribution in [-0.4, -0.2) is 19.3 Å². The van der Waals surface area contributed by atoms with Crippen molar-refractivity contribution < 1.29 is 8.42 Å². The van der Waals surface area contributed by atoms with Crippen molar-refractivity contribution in [2.45, 2.75) is 17.4 Å². The molecule has 0 amide bonds. The van der Waals surface area contributed by atoms with E-state index < -0.39 is 10.0 Å². The Morgan fingerprint density at radius 1 is 0.923 bits per heavy atom. The Hall–Kier alpha value is -1.37. The predicted molar refractivity (Wildman–Crippen MR) is 107 cm³/mol. The molecule has 2 aromatic carbocycles. The first-order valence-corrected chi connectivity index (χ1v) is 11.1. The van der Waals surface area contributed by atoms with Crippen molar-refractivity contribution in [3.05, 3.63) is 86.0 Å². The minimum atomic E-state index is -3.66. The molecule has 1 aromatic heterocycles. The molecular formula is C19H15Cl2NO2S2. The summed E-state index contributed by atoms with van der Waals surface area (Å²) in [5.74, 6) is 0. The number of hydrogen-bond donors (Lipinski definition) is 0. The van der Waals surface area contributed by atoms with Gasteiger partial charge in [-0.25, -0.2) is 8.42 Å². The van der Waals surface area contributed by atoms with Gasteiger partial charge in [0.25, 0.3) is 0 Å². The van der Waals surface area contributed by atoms with Gasteiger partial charge in [-0.1, -0.05) is 35.3 Å². The van der Waals surface area contributed by atoms with Crippen LogP contribution in [0.2, 0.25) is 10.0 Å². The summed E-state index contributed by atoms with van der Waals surface area (Å²) in [6.07, 6.45) is 0.712. The Labute approximate surface area is 166 Å². The number of hydrogen-bond acceptors (Lipinski definition) is 3. The number of thiophene rings is 1. The van der Waals surface area contributed by atoms with E-state index in [1.165, 1.54) is 4.88 Å². The normalized spacial score (nSPS) is 17.8. The molecule has 0 aliphatic carbocycles. The first-order valence-electron chi connectivity index (χ1n) is 8.06. The molecule has 0 bridgehead atoms. The van der Waals surface area contributed by atoms with Gasteiger partial charge in [-0.15, -0.1) is 11.3 Å². The highest BCUT2D eigenvalue weighted by Crippen LogP contribution is 2.41. The van der Waals surface area contributed by atoms with Crippen molar-refractivity contribution in [2.24, 2.45) is 0 Å². The predicted octanol–water partition coefficient (Wildman–Crippen LogP) is 5.39. The van der Waals surface area contributed by atoms with Crippen molar-refractivity contribution in [1.82, 2.24) is 4.31 Å². The molecule has 7 heteroatoms. The summed E-state index contributed by atoms with van der Waals surface area (Å²) in [7, 11) is -3.66. The third kappa shape index (κ3) is 3.19. The van der Waals surface area contributed by atoms with Gasteiger partial charge in [0.15, 0.2) is 0 Å². The second-order valence-electron chi connectivity index (χ2n) is 6.07. The van der Waals surface area contributed by atoms with Crippen molar-refractivity contribution in [3.63, 3.8) is 0 Å². The maximum Gasteiger partial charge on any atom is 0.243 e. The van der Waals surface area contributed by atoms with Crippen LogP contribution in [0.25, 0.3) is 0 Å². The lowest BCUT2D eigenvalue weighted by atomic mass is 9.95. The van der Waals surface area contributed by atoms with Crippen LogP contribution in [0.5, 0.6) is 0 Å². The molecule has 1 aliphatic rings. The van der Waals surface area contributed by atoms with E-state index in [1.807, 2.05) is 23.6 Å². The molecule has 4 rings (SSSR count). The van der Waals surface area contributed by atoms with Crippen LogP contribution in [0.3, 0.4) is 0 Å². The van der Waals surface area contributed by atoms with Crippen LogP contribution in [0, 0.1) is 0 Å². The minimum Gasteiger partial charge on any atom is -0.207 e. The Kier molecular flexibility index (Phi) is 4.84. The molecule has 3 aromatic rings. The fourth-order valence-electron chi connectivity index (χ4n) is 3.29. The molecule has 0 unspecified atom stereocenters. The lowest BCUT2D eigenvalue weighted by Gasteiger charge is -2.35. The highest BCUT2D eigenvalue weighted by atomic mass is 35.5. The molecule has 0 saturated heterocycles. The Morgan fingerprint density at radius 2 is 1.54 bits per heavy atom. The zero-order valence-corrected chi connectivity index (χ0v) is 16.7. The standard InChI is InChI=1S/C19H15Cl2NO2S2/c20-14-3-1-13(2-4-14)19-17-10-12-25-18(17)9-11-22(19)26(23,24)16-7-5-15(21)6-8-16/h1-8,10,12,19H,9,11H2/t19-/m0/s1. The van der Waals surface area contributed by atoms with Gasteiger partial charge in [-0.2, -0.15) is 4.31 Å². The van der Waals surface area contributed by atoms with E-state index in [4.69, 9.17) is 23.2 Å². The fraction of sp³-hybridized carbons (Fsp3) is 0.158. The van der Waals surface area contributed by atoms with E-state index in [9.17, 15) is 8.42 Å².